The van der Waals surface area contributed by atoms with Crippen LogP contribution in [0.3, 0.4) is 0 Å². The Labute approximate surface area is 251 Å². The number of nitrogens with one attached hydrogen (secondary N) is 1. The second-order valence-electron chi connectivity index (χ2n) is 10.7. The molecule has 3 aromatic rings. The fourth-order valence-electron chi connectivity index (χ4n) is 5.31. The van der Waals surface area contributed by atoms with Gasteiger partial charge in [0.25, 0.3) is 5.91 Å². The Hall–Kier alpha value is -4.80. The maximum atomic E-state index is 13.8. The predicted molar refractivity (Wildman–Crippen MR) is 167 cm³/mol. The fourth-order valence-corrected chi connectivity index (χ4v) is 5.31. The van der Waals surface area contributed by atoms with Crippen LogP contribution in [0, 0.1) is 0 Å². The second-order valence-corrected chi connectivity index (χ2v) is 10.7. The summed E-state index contributed by atoms with van der Waals surface area (Å²) in [5.41, 5.74) is 4.06. The van der Waals surface area contributed by atoms with E-state index in [9.17, 15) is 19.2 Å². The molecule has 0 radical (unpaired) electrons. The lowest BCUT2D eigenvalue weighted by Gasteiger charge is -2.32. The summed E-state index contributed by atoms with van der Waals surface area (Å²) in [5, 5.41) is 3.39. The zero-order valence-electron chi connectivity index (χ0n) is 24.8. The number of carbonyl (C=O) groups excluding carboxylic acids is 4. The Balaban J connectivity index is 1.47. The van der Waals surface area contributed by atoms with Gasteiger partial charge < -0.3 is 19.9 Å². The third-order valence-corrected chi connectivity index (χ3v) is 7.83. The number of likely N-dealkylation sites (N-methyl/N-ethyl adjacent to an activating group) is 2. The average molecular weight is 582 g/mol. The third kappa shape index (κ3) is 6.20. The van der Waals surface area contributed by atoms with Gasteiger partial charge in [-0.3, -0.25) is 19.3 Å². The van der Waals surface area contributed by atoms with E-state index in [1.165, 1.54) is 20.1 Å². The van der Waals surface area contributed by atoms with E-state index in [1.807, 2.05) is 54.6 Å². The molecule has 222 valence electrons. The topological polar surface area (TPSA) is 102 Å². The first kappa shape index (κ1) is 29.7. The maximum absolute atomic E-state index is 13.8. The summed E-state index contributed by atoms with van der Waals surface area (Å²) in [6.07, 6.45) is 0. The van der Waals surface area contributed by atoms with Crippen LogP contribution < -0.4 is 15.1 Å². The summed E-state index contributed by atoms with van der Waals surface area (Å²) in [6.45, 7) is 5.29. The number of methoxy groups -OCH3 is 1. The minimum atomic E-state index is -0.565. The highest BCUT2D eigenvalue weighted by atomic mass is 16.5. The van der Waals surface area contributed by atoms with Crippen LogP contribution in [0.25, 0.3) is 11.3 Å². The minimum absolute atomic E-state index is 0.0150. The molecule has 2 aliphatic rings. The van der Waals surface area contributed by atoms with Crippen molar-refractivity contribution < 1.29 is 23.9 Å². The maximum Gasteiger partial charge on any atom is 0.337 e. The zero-order valence-corrected chi connectivity index (χ0v) is 24.8. The average Bonchev–Trinajstić information content (AvgIpc) is 3.31. The van der Waals surface area contributed by atoms with Crippen LogP contribution in [0.1, 0.15) is 28.4 Å². The highest BCUT2D eigenvalue weighted by Gasteiger charge is 2.38. The molecule has 0 saturated carbocycles. The summed E-state index contributed by atoms with van der Waals surface area (Å²) in [7, 11) is 5.13. The summed E-state index contributed by atoms with van der Waals surface area (Å²) in [4.78, 5) is 58.8. The molecule has 0 bridgehead atoms. The quantitative estimate of drug-likeness (QED) is 0.334. The molecular formula is C33H35N5O5. The molecule has 1 N–H and O–H groups in total. The molecule has 0 spiro atoms. The number of imide groups is 1. The van der Waals surface area contributed by atoms with Gasteiger partial charge in [0, 0.05) is 57.1 Å². The first-order chi connectivity index (χ1) is 20.7. The van der Waals surface area contributed by atoms with Crippen LogP contribution in [-0.2, 0) is 19.1 Å². The molecule has 3 aromatic carbocycles. The van der Waals surface area contributed by atoms with E-state index < -0.39 is 17.8 Å². The molecule has 43 heavy (non-hydrogen) atoms. The molecule has 0 aromatic heterocycles. The molecule has 1 fully saturated rings. The SMILES string of the molecule is COC(=O)c1ccc2c(c1)N(C(C)=O)C(=O)/C2=C(\Nc1ccc(N(C)C(=O)CN2CCN(C)CC2)cc1)c1ccccc1. The van der Waals surface area contributed by atoms with Crippen molar-refractivity contribution in [1.29, 1.82) is 0 Å². The van der Waals surface area contributed by atoms with E-state index in [0.717, 1.165) is 42.3 Å². The molecule has 2 aliphatic heterocycles. The van der Waals surface area contributed by atoms with Gasteiger partial charge in [0.15, 0.2) is 0 Å². The molecule has 0 unspecified atom stereocenters. The highest BCUT2D eigenvalue weighted by molar-refractivity contribution is 6.43. The second kappa shape index (κ2) is 12.6. The number of nitrogens with zero attached hydrogens (tertiary/aromatic N) is 4. The van der Waals surface area contributed by atoms with Crippen molar-refractivity contribution in [2.45, 2.75) is 6.92 Å². The van der Waals surface area contributed by atoms with E-state index in [0.29, 0.717) is 34.8 Å². The number of carbonyl (C=O) groups is 4. The van der Waals surface area contributed by atoms with Crippen molar-refractivity contribution in [2.24, 2.45) is 0 Å². The van der Waals surface area contributed by atoms with Crippen LogP contribution in [0.4, 0.5) is 17.1 Å². The molecule has 10 nitrogen and oxygen atoms in total. The van der Waals surface area contributed by atoms with Gasteiger partial charge in [-0.2, -0.15) is 0 Å². The number of ether oxygens (including phenoxy) is 1. The van der Waals surface area contributed by atoms with Gasteiger partial charge in [-0.1, -0.05) is 36.4 Å². The third-order valence-electron chi connectivity index (χ3n) is 7.83. The fraction of sp³-hybridized carbons (Fsp3) is 0.273. The van der Waals surface area contributed by atoms with Gasteiger partial charge in [0.1, 0.15) is 0 Å². The van der Waals surface area contributed by atoms with Gasteiger partial charge in [-0.05, 0) is 49.0 Å². The Kier molecular flexibility index (Phi) is 8.70. The van der Waals surface area contributed by atoms with E-state index in [4.69, 9.17) is 4.74 Å². The lowest BCUT2D eigenvalue weighted by molar-refractivity contribution is -0.122. The number of anilines is 3. The van der Waals surface area contributed by atoms with Crippen LogP contribution in [0.5, 0.6) is 0 Å². The number of hydrogen-bond donors (Lipinski definition) is 1. The Bertz CT molecular complexity index is 1580. The van der Waals surface area contributed by atoms with Gasteiger partial charge in [-0.25, -0.2) is 9.69 Å². The van der Waals surface area contributed by atoms with E-state index in [1.54, 1.807) is 24.1 Å². The van der Waals surface area contributed by atoms with Crippen LogP contribution >= 0.6 is 0 Å². The van der Waals surface area contributed by atoms with Crippen molar-refractivity contribution in [1.82, 2.24) is 9.80 Å². The monoisotopic (exact) mass is 581 g/mol. The lowest BCUT2D eigenvalue weighted by Crippen LogP contribution is -2.48. The van der Waals surface area contributed by atoms with E-state index >= 15 is 0 Å². The standard InChI is InChI=1S/C33H35N5O5/c1-22(39)38-28-20-24(33(42)43-4)10-15-27(28)30(32(38)41)31(23-8-6-5-7-9-23)34-25-11-13-26(14-12-25)36(3)29(40)21-37-18-16-35(2)17-19-37/h5-15,20,34H,16-19,21H2,1-4H3/b31-30-. The Morgan fingerprint density at radius 2 is 1.58 bits per heavy atom. The summed E-state index contributed by atoms with van der Waals surface area (Å²) < 4.78 is 4.84. The minimum Gasteiger partial charge on any atom is -0.465 e. The van der Waals surface area contributed by atoms with Crippen LogP contribution in [0.15, 0.2) is 72.8 Å². The molecule has 10 heteroatoms. The number of hydrogen-bond acceptors (Lipinski definition) is 8. The van der Waals surface area contributed by atoms with Crippen molar-refractivity contribution in [3.63, 3.8) is 0 Å². The first-order valence-electron chi connectivity index (χ1n) is 14.1. The van der Waals surface area contributed by atoms with Crippen molar-refractivity contribution in [3.8, 4) is 0 Å². The van der Waals surface area contributed by atoms with Crippen LogP contribution in [-0.4, -0.2) is 87.4 Å². The summed E-state index contributed by atoms with van der Waals surface area (Å²) in [6, 6.07) is 21.5. The summed E-state index contributed by atoms with van der Waals surface area (Å²) in [5.74, 6) is -1.52. The number of piperazine rings is 1. The number of rotatable bonds is 7. The number of fused-ring (bicyclic) bond motifs is 1. The number of benzene rings is 3. The largest absolute Gasteiger partial charge is 0.465 e. The summed E-state index contributed by atoms with van der Waals surface area (Å²) >= 11 is 0. The molecule has 0 atom stereocenters. The van der Waals surface area contributed by atoms with Gasteiger partial charge in [0.2, 0.25) is 11.8 Å². The molecule has 0 aliphatic carbocycles. The molecular weight excluding hydrogens is 546 g/mol. The Morgan fingerprint density at radius 1 is 0.907 bits per heavy atom. The van der Waals surface area contributed by atoms with E-state index in [-0.39, 0.29) is 11.5 Å². The number of esters is 1. The van der Waals surface area contributed by atoms with Crippen molar-refractivity contribution in [3.05, 3.63) is 89.5 Å². The van der Waals surface area contributed by atoms with Crippen molar-refractivity contribution >= 4 is 52.0 Å². The van der Waals surface area contributed by atoms with Crippen molar-refractivity contribution in [2.75, 3.05) is 69.0 Å². The van der Waals surface area contributed by atoms with Crippen LogP contribution in [0.2, 0.25) is 0 Å². The van der Waals surface area contributed by atoms with E-state index in [2.05, 4.69) is 22.2 Å². The van der Waals surface area contributed by atoms with Gasteiger partial charge in [0.05, 0.1) is 36.2 Å². The zero-order chi connectivity index (χ0) is 30.7. The highest BCUT2D eigenvalue weighted by Crippen LogP contribution is 2.42. The Morgan fingerprint density at radius 3 is 2.21 bits per heavy atom. The molecule has 3 amide bonds. The molecule has 2 heterocycles. The first-order valence-corrected chi connectivity index (χ1v) is 14.1. The number of amides is 3. The smallest absolute Gasteiger partial charge is 0.337 e. The normalized spacial score (nSPS) is 16.5. The van der Waals surface area contributed by atoms with Gasteiger partial charge >= 0.3 is 5.97 Å². The molecule has 5 rings (SSSR count). The molecule has 1 saturated heterocycles. The lowest BCUT2D eigenvalue weighted by atomic mass is 9.99. The van der Waals surface area contributed by atoms with Gasteiger partial charge in [-0.15, -0.1) is 0 Å². The predicted octanol–water partition coefficient (Wildman–Crippen LogP) is 3.56.